The summed E-state index contributed by atoms with van der Waals surface area (Å²) >= 11 is 0. The minimum absolute atomic E-state index is 0.0783. The van der Waals surface area contributed by atoms with Crippen molar-refractivity contribution in [3.05, 3.63) is 69.9 Å². The maximum Gasteiger partial charge on any atom is 0.269 e. The molecule has 0 saturated heterocycles. The number of aromatic nitrogens is 1. The number of hydrogen-bond acceptors (Lipinski definition) is 6. The number of benzene rings is 2. The first-order chi connectivity index (χ1) is 16.4. The Morgan fingerprint density at radius 2 is 1.85 bits per heavy atom. The second-order valence-electron chi connectivity index (χ2n) is 8.37. The van der Waals surface area contributed by atoms with Crippen LogP contribution in [0.5, 0.6) is 5.75 Å². The number of nitrogens with one attached hydrogen (secondary N) is 1. The van der Waals surface area contributed by atoms with Gasteiger partial charge in [-0.1, -0.05) is 19.9 Å². The summed E-state index contributed by atoms with van der Waals surface area (Å²) < 4.78 is 5.40. The molecule has 34 heavy (non-hydrogen) atoms. The van der Waals surface area contributed by atoms with Crippen molar-refractivity contribution in [3.63, 3.8) is 0 Å². The minimum atomic E-state index is -0.396. The van der Waals surface area contributed by atoms with Gasteiger partial charge in [0.05, 0.1) is 23.2 Å². The van der Waals surface area contributed by atoms with Crippen molar-refractivity contribution in [3.8, 4) is 5.75 Å². The molecule has 0 amide bonds. The van der Waals surface area contributed by atoms with Crippen LogP contribution in [-0.4, -0.2) is 47.6 Å². The number of pyridine rings is 1. The summed E-state index contributed by atoms with van der Waals surface area (Å²) in [5.74, 6) is 0.759. The maximum absolute atomic E-state index is 10.9. The smallest absolute Gasteiger partial charge is 0.269 e. The van der Waals surface area contributed by atoms with Crippen LogP contribution in [-0.2, 0) is 0 Å². The van der Waals surface area contributed by atoms with Gasteiger partial charge in [0, 0.05) is 35.3 Å². The average molecular weight is 463 g/mol. The van der Waals surface area contributed by atoms with E-state index in [2.05, 4.69) is 37.1 Å². The molecule has 0 aliphatic rings. The number of methoxy groups -OCH3 is 1. The van der Waals surface area contributed by atoms with E-state index >= 15 is 0 Å². The Kier molecular flexibility index (Phi) is 8.99. The molecule has 0 spiro atoms. The first kappa shape index (κ1) is 25.2. The summed E-state index contributed by atoms with van der Waals surface area (Å²) in [4.78, 5) is 17.7. The van der Waals surface area contributed by atoms with Gasteiger partial charge in [-0.2, -0.15) is 0 Å². The largest absolute Gasteiger partial charge is 0.497 e. The standard InChI is InChI=1S/C27H34N4O3/c1-5-30(6-2)17-7-8-20(3)28-26-18-22(29-27-19-24(34-4)15-16-25(26)27)12-9-21-10-13-23(14-11-21)31(32)33/h9-16,18-20H,5-8,17H2,1-4H3,(H,28,29)/b12-9+. The highest BCUT2D eigenvalue weighted by atomic mass is 16.6. The van der Waals surface area contributed by atoms with Gasteiger partial charge in [-0.25, -0.2) is 4.98 Å². The monoisotopic (exact) mass is 462 g/mol. The van der Waals surface area contributed by atoms with E-state index < -0.39 is 4.92 Å². The topological polar surface area (TPSA) is 80.5 Å². The molecule has 180 valence electrons. The summed E-state index contributed by atoms with van der Waals surface area (Å²) in [6.07, 6.45) is 6.05. The molecule has 0 aliphatic carbocycles. The van der Waals surface area contributed by atoms with Gasteiger partial charge in [0.2, 0.25) is 0 Å². The van der Waals surface area contributed by atoms with Crippen molar-refractivity contribution in [2.24, 2.45) is 0 Å². The predicted molar refractivity (Wildman–Crippen MR) is 140 cm³/mol. The SMILES string of the molecule is CCN(CC)CCCC(C)Nc1cc(/C=C/c2ccc([N+](=O)[O-])cc2)nc2cc(OC)ccc12. The zero-order valence-corrected chi connectivity index (χ0v) is 20.5. The van der Waals surface area contributed by atoms with Crippen LogP contribution in [0, 0.1) is 10.1 Å². The number of ether oxygens (including phenoxy) is 1. The predicted octanol–water partition coefficient (Wildman–Crippen LogP) is 6.24. The van der Waals surface area contributed by atoms with Crippen LogP contribution in [0.3, 0.4) is 0 Å². The Labute approximate surface area is 201 Å². The van der Waals surface area contributed by atoms with Gasteiger partial charge in [0.1, 0.15) is 5.75 Å². The number of rotatable bonds is 12. The van der Waals surface area contributed by atoms with Gasteiger partial charge in [0.15, 0.2) is 0 Å². The van der Waals surface area contributed by atoms with Crippen molar-refractivity contribution in [2.75, 3.05) is 32.1 Å². The highest BCUT2D eigenvalue weighted by Gasteiger charge is 2.10. The number of hydrogen-bond donors (Lipinski definition) is 1. The Morgan fingerprint density at radius 3 is 2.50 bits per heavy atom. The third-order valence-electron chi connectivity index (χ3n) is 6.00. The fraction of sp³-hybridized carbons (Fsp3) is 0.370. The van der Waals surface area contributed by atoms with E-state index in [0.717, 1.165) is 66.1 Å². The molecule has 1 atom stereocenters. The Morgan fingerprint density at radius 1 is 1.12 bits per heavy atom. The van der Waals surface area contributed by atoms with Crippen LogP contribution >= 0.6 is 0 Å². The summed E-state index contributed by atoms with van der Waals surface area (Å²) in [6, 6.07) is 14.8. The van der Waals surface area contributed by atoms with Crippen LogP contribution in [0.1, 0.15) is 44.9 Å². The lowest BCUT2D eigenvalue weighted by Gasteiger charge is -2.21. The lowest BCUT2D eigenvalue weighted by Crippen LogP contribution is -2.25. The number of nitrogens with zero attached hydrogens (tertiary/aromatic N) is 3. The third kappa shape index (κ3) is 6.78. The van der Waals surface area contributed by atoms with Gasteiger partial charge >= 0.3 is 0 Å². The van der Waals surface area contributed by atoms with Gasteiger partial charge in [-0.05, 0) is 81.4 Å². The molecule has 3 aromatic rings. The molecule has 1 heterocycles. The minimum Gasteiger partial charge on any atom is -0.497 e. The van der Waals surface area contributed by atoms with Gasteiger partial charge < -0.3 is 15.0 Å². The molecule has 1 unspecified atom stereocenters. The van der Waals surface area contributed by atoms with Gasteiger partial charge in [0.25, 0.3) is 5.69 Å². The number of anilines is 1. The van der Waals surface area contributed by atoms with Crippen molar-refractivity contribution in [1.29, 1.82) is 0 Å². The summed E-state index contributed by atoms with van der Waals surface area (Å²) in [6.45, 7) is 9.89. The molecule has 0 fully saturated rings. The molecule has 7 nitrogen and oxygen atoms in total. The summed E-state index contributed by atoms with van der Waals surface area (Å²) in [5, 5.41) is 15.6. The second kappa shape index (κ2) is 12.1. The second-order valence-corrected chi connectivity index (χ2v) is 8.37. The lowest BCUT2D eigenvalue weighted by atomic mass is 10.1. The number of non-ortho nitro benzene ring substituents is 1. The molecule has 0 saturated carbocycles. The van der Waals surface area contributed by atoms with Crippen molar-refractivity contribution >= 4 is 34.4 Å². The van der Waals surface area contributed by atoms with E-state index in [-0.39, 0.29) is 5.69 Å². The highest BCUT2D eigenvalue weighted by molar-refractivity contribution is 5.93. The zero-order valence-electron chi connectivity index (χ0n) is 20.5. The van der Waals surface area contributed by atoms with E-state index in [4.69, 9.17) is 9.72 Å². The fourth-order valence-electron chi connectivity index (χ4n) is 3.95. The van der Waals surface area contributed by atoms with Gasteiger partial charge in [-0.15, -0.1) is 0 Å². The normalized spacial score (nSPS) is 12.4. The summed E-state index contributed by atoms with van der Waals surface area (Å²) in [7, 11) is 1.65. The molecular weight excluding hydrogens is 428 g/mol. The highest BCUT2D eigenvalue weighted by Crippen LogP contribution is 2.28. The fourth-order valence-corrected chi connectivity index (χ4v) is 3.95. The zero-order chi connectivity index (χ0) is 24.5. The van der Waals surface area contributed by atoms with Crippen LogP contribution in [0.15, 0.2) is 48.5 Å². The van der Waals surface area contributed by atoms with E-state index in [1.165, 1.54) is 12.1 Å². The molecule has 1 aromatic heterocycles. The van der Waals surface area contributed by atoms with E-state index in [9.17, 15) is 10.1 Å². The van der Waals surface area contributed by atoms with Crippen molar-refractivity contribution in [2.45, 2.75) is 39.7 Å². The third-order valence-corrected chi connectivity index (χ3v) is 6.00. The number of fused-ring (bicyclic) bond motifs is 1. The van der Waals surface area contributed by atoms with Crippen LogP contribution in [0.2, 0.25) is 0 Å². The molecule has 7 heteroatoms. The molecular formula is C27H34N4O3. The first-order valence-corrected chi connectivity index (χ1v) is 11.8. The van der Waals surface area contributed by atoms with E-state index in [0.29, 0.717) is 6.04 Å². The quantitative estimate of drug-likeness (QED) is 0.253. The molecule has 3 rings (SSSR count). The molecule has 0 aliphatic heterocycles. The van der Waals surface area contributed by atoms with Crippen LogP contribution < -0.4 is 10.1 Å². The Balaban J connectivity index is 1.82. The first-order valence-electron chi connectivity index (χ1n) is 11.8. The van der Waals surface area contributed by atoms with Crippen LogP contribution in [0.4, 0.5) is 11.4 Å². The average Bonchev–Trinajstić information content (AvgIpc) is 2.85. The molecule has 0 bridgehead atoms. The molecule has 2 aromatic carbocycles. The van der Waals surface area contributed by atoms with Gasteiger partial charge in [-0.3, -0.25) is 10.1 Å². The van der Waals surface area contributed by atoms with Crippen molar-refractivity contribution in [1.82, 2.24) is 9.88 Å². The molecule has 0 radical (unpaired) electrons. The number of nitro groups is 1. The number of nitro benzene ring substituents is 1. The van der Waals surface area contributed by atoms with E-state index in [1.54, 1.807) is 19.2 Å². The van der Waals surface area contributed by atoms with Crippen molar-refractivity contribution < 1.29 is 9.66 Å². The Hall–Kier alpha value is -3.45. The summed E-state index contributed by atoms with van der Waals surface area (Å²) in [5.41, 5.74) is 3.64. The lowest BCUT2D eigenvalue weighted by molar-refractivity contribution is -0.384. The van der Waals surface area contributed by atoms with Crippen LogP contribution in [0.25, 0.3) is 23.1 Å². The van der Waals surface area contributed by atoms with E-state index in [1.807, 2.05) is 30.4 Å². The molecule has 1 N–H and O–H groups in total. The Bertz CT molecular complexity index is 1120. The maximum atomic E-state index is 10.9.